The van der Waals surface area contributed by atoms with Crippen molar-refractivity contribution < 1.29 is 4.42 Å². The van der Waals surface area contributed by atoms with E-state index in [-0.39, 0.29) is 6.04 Å². The number of rotatable bonds is 3. The molecule has 4 aliphatic rings. The first-order valence-electron chi connectivity index (χ1n) is 8.50. The summed E-state index contributed by atoms with van der Waals surface area (Å²) in [5.74, 6) is 6.70. The molecule has 110 valence electrons. The molecule has 1 heterocycles. The molecule has 4 aliphatic carbocycles. The fraction of sp³-hybridized carbons (Fsp3) is 0.778. The van der Waals surface area contributed by atoms with E-state index in [9.17, 15) is 0 Å². The van der Waals surface area contributed by atoms with Gasteiger partial charge in [-0.3, -0.25) is 0 Å². The number of nitrogens with two attached hydrogens (primary N) is 1. The zero-order valence-corrected chi connectivity index (χ0v) is 12.8. The van der Waals surface area contributed by atoms with E-state index in [1.807, 2.05) is 6.92 Å². The van der Waals surface area contributed by atoms with Crippen molar-refractivity contribution in [2.24, 2.45) is 35.3 Å². The Balaban J connectivity index is 1.63. The zero-order valence-electron chi connectivity index (χ0n) is 12.8. The van der Waals surface area contributed by atoms with E-state index in [4.69, 9.17) is 10.2 Å². The topological polar surface area (TPSA) is 39.2 Å². The van der Waals surface area contributed by atoms with Gasteiger partial charge >= 0.3 is 0 Å². The van der Waals surface area contributed by atoms with E-state index < -0.39 is 0 Å². The quantitative estimate of drug-likeness (QED) is 0.895. The Labute approximate surface area is 122 Å². The van der Waals surface area contributed by atoms with E-state index in [2.05, 4.69) is 13.0 Å². The summed E-state index contributed by atoms with van der Waals surface area (Å²) >= 11 is 0. The van der Waals surface area contributed by atoms with E-state index in [0.717, 1.165) is 41.6 Å². The van der Waals surface area contributed by atoms with Gasteiger partial charge in [0.15, 0.2) is 0 Å². The highest BCUT2D eigenvalue weighted by Crippen LogP contribution is 2.59. The summed E-state index contributed by atoms with van der Waals surface area (Å²) in [5, 5.41) is 0. The van der Waals surface area contributed by atoms with Gasteiger partial charge in [-0.15, -0.1) is 0 Å². The predicted molar refractivity (Wildman–Crippen MR) is 80.3 cm³/mol. The third-order valence-electron chi connectivity index (χ3n) is 6.36. The van der Waals surface area contributed by atoms with Gasteiger partial charge in [0.2, 0.25) is 0 Å². The van der Waals surface area contributed by atoms with Crippen LogP contribution in [-0.2, 0) is 6.42 Å². The summed E-state index contributed by atoms with van der Waals surface area (Å²) in [6.45, 7) is 4.22. The molecule has 1 unspecified atom stereocenters. The van der Waals surface area contributed by atoms with Crippen LogP contribution in [0.2, 0.25) is 0 Å². The van der Waals surface area contributed by atoms with E-state index in [1.165, 1.54) is 37.7 Å². The minimum Gasteiger partial charge on any atom is -0.466 e. The molecule has 2 heteroatoms. The lowest BCUT2D eigenvalue weighted by molar-refractivity contribution is -0.0473. The highest BCUT2D eigenvalue weighted by molar-refractivity contribution is 5.26. The van der Waals surface area contributed by atoms with Crippen LogP contribution in [0.25, 0.3) is 0 Å². The van der Waals surface area contributed by atoms with Gasteiger partial charge in [-0.25, -0.2) is 0 Å². The molecule has 0 aromatic carbocycles. The maximum absolute atomic E-state index is 6.75. The van der Waals surface area contributed by atoms with Crippen LogP contribution >= 0.6 is 0 Å². The van der Waals surface area contributed by atoms with Gasteiger partial charge in [-0.1, -0.05) is 6.92 Å². The van der Waals surface area contributed by atoms with Gasteiger partial charge in [0.05, 0.1) is 0 Å². The van der Waals surface area contributed by atoms with Crippen LogP contribution in [0.4, 0.5) is 0 Å². The van der Waals surface area contributed by atoms with Crippen molar-refractivity contribution in [1.82, 2.24) is 0 Å². The number of aryl methyl sites for hydroxylation is 2. The Morgan fingerprint density at radius 3 is 2.30 bits per heavy atom. The molecule has 1 aromatic heterocycles. The third-order valence-corrected chi connectivity index (χ3v) is 6.36. The fourth-order valence-corrected chi connectivity index (χ4v) is 5.90. The smallest absolute Gasteiger partial charge is 0.108 e. The Kier molecular flexibility index (Phi) is 2.99. The number of hydrogen-bond donors (Lipinski definition) is 1. The van der Waals surface area contributed by atoms with Crippen molar-refractivity contribution in [3.05, 3.63) is 23.2 Å². The van der Waals surface area contributed by atoms with Gasteiger partial charge < -0.3 is 10.2 Å². The van der Waals surface area contributed by atoms with Crippen LogP contribution in [-0.4, -0.2) is 0 Å². The molecule has 20 heavy (non-hydrogen) atoms. The van der Waals surface area contributed by atoms with Gasteiger partial charge in [0, 0.05) is 18.0 Å². The highest BCUT2D eigenvalue weighted by atomic mass is 16.3. The number of furan rings is 1. The molecule has 0 amide bonds. The average Bonchev–Trinajstić information content (AvgIpc) is 2.78. The molecule has 0 radical (unpaired) electrons. The SMILES string of the molecule is CCc1oc(C)cc1C(N)C1C2CC3CC(C2)CC1C3. The van der Waals surface area contributed by atoms with Gasteiger partial charge in [0.1, 0.15) is 11.5 Å². The molecular formula is C18H27NO. The zero-order chi connectivity index (χ0) is 13.9. The molecule has 2 nitrogen and oxygen atoms in total. The van der Waals surface area contributed by atoms with Gasteiger partial charge in [-0.05, 0) is 74.7 Å². The molecule has 5 rings (SSSR count). The summed E-state index contributed by atoms with van der Waals surface area (Å²) in [4.78, 5) is 0. The molecule has 1 atom stereocenters. The van der Waals surface area contributed by atoms with Crippen LogP contribution in [0.1, 0.15) is 62.2 Å². The summed E-state index contributed by atoms with van der Waals surface area (Å²) in [5.41, 5.74) is 8.06. The molecular weight excluding hydrogens is 246 g/mol. The highest BCUT2D eigenvalue weighted by Gasteiger charge is 2.50. The molecule has 4 fully saturated rings. The van der Waals surface area contributed by atoms with Crippen LogP contribution in [0.5, 0.6) is 0 Å². The standard InChI is InChI=1S/C18H27NO/c1-3-16-15(4-10(2)20-16)18(19)17-13-6-11-5-12(8-13)9-14(17)7-11/h4,11-14,17-18H,3,5-9,19H2,1-2H3. The Morgan fingerprint density at radius 1 is 1.15 bits per heavy atom. The Hall–Kier alpha value is -0.760. The first-order valence-corrected chi connectivity index (χ1v) is 8.50. The van der Waals surface area contributed by atoms with E-state index >= 15 is 0 Å². The lowest BCUT2D eigenvalue weighted by Gasteiger charge is -2.56. The number of hydrogen-bond acceptors (Lipinski definition) is 2. The Morgan fingerprint density at radius 2 is 1.75 bits per heavy atom. The monoisotopic (exact) mass is 273 g/mol. The lowest BCUT2D eigenvalue weighted by Crippen LogP contribution is -2.48. The van der Waals surface area contributed by atoms with Crippen LogP contribution in [0, 0.1) is 36.5 Å². The van der Waals surface area contributed by atoms with E-state index in [0.29, 0.717) is 5.92 Å². The molecule has 0 saturated heterocycles. The second kappa shape index (κ2) is 4.62. The molecule has 1 aromatic rings. The Bertz CT molecular complexity index is 476. The third kappa shape index (κ3) is 1.88. The van der Waals surface area contributed by atoms with Gasteiger partial charge in [-0.2, -0.15) is 0 Å². The molecule has 4 saturated carbocycles. The average molecular weight is 273 g/mol. The van der Waals surface area contributed by atoms with Crippen molar-refractivity contribution in [3.63, 3.8) is 0 Å². The largest absolute Gasteiger partial charge is 0.466 e. The first kappa shape index (κ1) is 12.9. The van der Waals surface area contributed by atoms with Crippen LogP contribution in [0.15, 0.2) is 10.5 Å². The second-order valence-electron chi connectivity index (χ2n) is 7.62. The van der Waals surface area contributed by atoms with Gasteiger partial charge in [0.25, 0.3) is 0 Å². The first-order chi connectivity index (χ1) is 9.65. The molecule has 4 bridgehead atoms. The summed E-state index contributed by atoms with van der Waals surface area (Å²) in [7, 11) is 0. The predicted octanol–water partition coefficient (Wildman–Crippen LogP) is 4.22. The maximum atomic E-state index is 6.75. The lowest BCUT2D eigenvalue weighted by atomic mass is 9.50. The summed E-state index contributed by atoms with van der Waals surface area (Å²) in [6.07, 6.45) is 8.27. The van der Waals surface area contributed by atoms with Crippen molar-refractivity contribution in [1.29, 1.82) is 0 Å². The van der Waals surface area contributed by atoms with Crippen molar-refractivity contribution in [3.8, 4) is 0 Å². The van der Waals surface area contributed by atoms with Crippen LogP contribution in [0.3, 0.4) is 0 Å². The minimum atomic E-state index is 0.206. The minimum absolute atomic E-state index is 0.206. The normalized spacial score (nSPS) is 40.2. The van der Waals surface area contributed by atoms with Crippen molar-refractivity contribution >= 4 is 0 Å². The molecule has 0 spiro atoms. The van der Waals surface area contributed by atoms with Crippen LogP contribution < -0.4 is 5.73 Å². The van der Waals surface area contributed by atoms with E-state index in [1.54, 1.807) is 0 Å². The van der Waals surface area contributed by atoms with Crippen molar-refractivity contribution in [2.45, 2.75) is 58.4 Å². The molecule has 0 aliphatic heterocycles. The maximum Gasteiger partial charge on any atom is 0.108 e. The molecule has 2 N–H and O–H groups in total. The fourth-order valence-electron chi connectivity index (χ4n) is 5.90. The van der Waals surface area contributed by atoms with Crippen molar-refractivity contribution in [2.75, 3.05) is 0 Å². The second-order valence-corrected chi connectivity index (χ2v) is 7.62. The summed E-state index contributed by atoms with van der Waals surface area (Å²) < 4.78 is 5.85. The summed E-state index contributed by atoms with van der Waals surface area (Å²) in [6, 6.07) is 2.41.